The van der Waals surface area contributed by atoms with Gasteiger partial charge in [0.2, 0.25) is 0 Å². The van der Waals surface area contributed by atoms with Crippen LogP contribution in [0.25, 0.3) is 0 Å². The van der Waals surface area contributed by atoms with Gasteiger partial charge in [-0.15, -0.1) is 0 Å². The summed E-state index contributed by atoms with van der Waals surface area (Å²) >= 11 is 0. The smallest absolute Gasteiger partial charge is 0.119 e. The number of nitrogens with zero attached hydrogens (tertiary/aromatic N) is 1. The second-order valence-corrected chi connectivity index (χ2v) is 8.29. The van der Waals surface area contributed by atoms with E-state index < -0.39 is 0 Å². The fourth-order valence-corrected chi connectivity index (χ4v) is 5.45. The van der Waals surface area contributed by atoms with Crippen molar-refractivity contribution in [2.24, 2.45) is 0 Å². The predicted octanol–water partition coefficient (Wildman–Crippen LogP) is 5.82. The molecule has 0 amide bonds. The van der Waals surface area contributed by atoms with Crippen LogP contribution in [0.5, 0.6) is 5.75 Å². The number of para-hydroxylation sites is 1. The molecule has 2 nitrogen and oxygen atoms in total. The molecule has 1 atom stereocenters. The number of piperidine rings is 1. The maximum Gasteiger partial charge on any atom is 0.119 e. The first-order valence-corrected chi connectivity index (χ1v) is 10.9. The van der Waals surface area contributed by atoms with Crippen LogP contribution in [0.4, 0.5) is 0 Å². The van der Waals surface area contributed by atoms with Gasteiger partial charge in [-0.25, -0.2) is 0 Å². The summed E-state index contributed by atoms with van der Waals surface area (Å²) in [5, 5.41) is 0. The normalized spacial score (nSPS) is 22.6. The molecule has 0 bridgehead atoms. The van der Waals surface area contributed by atoms with E-state index in [1.165, 1.54) is 51.5 Å². The van der Waals surface area contributed by atoms with Crippen molar-refractivity contribution in [1.82, 2.24) is 4.90 Å². The highest BCUT2D eigenvalue weighted by Gasteiger charge is 2.45. The van der Waals surface area contributed by atoms with E-state index in [2.05, 4.69) is 35.2 Å². The van der Waals surface area contributed by atoms with Gasteiger partial charge in [-0.3, -0.25) is 4.90 Å². The zero-order chi connectivity index (χ0) is 18.4. The third kappa shape index (κ3) is 4.21. The fourth-order valence-electron chi connectivity index (χ4n) is 5.45. The molecule has 1 saturated heterocycles. The van der Waals surface area contributed by atoms with Gasteiger partial charge in [0.05, 0.1) is 6.61 Å². The van der Waals surface area contributed by atoms with Crippen LogP contribution in [-0.4, -0.2) is 30.6 Å². The molecule has 0 radical (unpaired) electrons. The van der Waals surface area contributed by atoms with E-state index in [1.54, 1.807) is 5.56 Å². The van der Waals surface area contributed by atoms with E-state index in [0.717, 1.165) is 25.3 Å². The third-order valence-corrected chi connectivity index (χ3v) is 6.70. The molecule has 1 saturated carbocycles. The number of likely N-dealkylation sites (tertiary alicyclic amines) is 1. The van der Waals surface area contributed by atoms with Crippen molar-refractivity contribution in [3.05, 3.63) is 66.2 Å². The highest BCUT2D eigenvalue weighted by Crippen LogP contribution is 2.48. The Hall–Kier alpha value is -1.80. The Labute approximate surface area is 164 Å². The molecule has 0 spiro atoms. The minimum atomic E-state index is 0.377. The summed E-state index contributed by atoms with van der Waals surface area (Å²) in [6.45, 7) is 3.22. The van der Waals surface area contributed by atoms with Gasteiger partial charge in [0, 0.05) is 18.0 Å². The van der Waals surface area contributed by atoms with Gasteiger partial charge in [-0.05, 0) is 56.3 Å². The standard InChI is InChI=1S/C25H33NO/c1-3-12-22(13-4-1)25(17-8-9-18-25)24-16-7-10-19-26(24)20-11-21-27-23-14-5-2-6-15-23/h1-6,12-15,24H,7-11,16-21H2. The number of benzene rings is 2. The predicted molar refractivity (Wildman–Crippen MR) is 112 cm³/mol. The molecule has 1 aliphatic heterocycles. The lowest BCUT2D eigenvalue weighted by atomic mass is 9.69. The van der Waals surface area contributed by atoms with Gasteiger partial charge >= 0.3 is 0 Å². The Kier molecular flexibility index (Phi) is 6.14. The van der Waals surface area contributed by atoms with Crippen molar-refractivity contribution in [2.45, 2.75) is 62.8 Å². The quantitative estimate of drug-likeness (QED) is 0.575. The summed E-state index contributed by atoms with van der Waals surface area (Å²) in [5.74, 6) is 0.990. The average Bonchev–Trinajstić information content (AvgIpc) is 3.24. The minimum absolute atomic E-state index is 0.377. The van der Waals surface area contributed by atoms with Gasteiger partial charge in [-0.2, -0.15) is 0 Å². The van der Waals surface area contributed by atoms with Crippen LogP contribution in [0, 0.1) is 0 Å². The molecular weight excluding hydrogens is 330 g/mol. The Morgan fingerprint density at radius 2 is 1.56 bits per heavy atom. The zero-order valence-electron chi connectivity index (χ0n) is 16.5. The summed E-state index contributed by atoms with van der Waals surface area (Å²) in [6, 6.07) is 22.3. The third-order valence-electron chi connectivity index (χ3n) is 6.70. The van der Waals surface area contributed by atoms with E-state index in [4.69, 9.17) is 4.74 Å². The van der Waals surface area contributed by atoms with Crippen molar-refractivity contribution in [3.63, 3.8) is 0 Å². The molecule has 1 aliphatic carbocycles. The molecule has 144 valence electrons. The van der Waals surface area contributed by atoms with Gasteiger partial charge in [0.1, 0.15) is 5.75 Å². The van der Waals surface area contributed by atoms with Gasteiger partial charge in [0.15, 0.2) is 0 Å². The first kappa shape index (κ1) is 18.6. The highest BCUT2D eigenvalue weighted by molar-refractivity contribution is 5.29. The Balaban J connectivity index is 1.42. The zero-order valence-corrected chi connectivity index (χ0v) is 16.5. The van der Waals surface area contributed by atoms with Crippen LogP contribution >= 0.6 is 0 Å². The molecule has 2 fully saturated rings. The highest BCUT2D eigenvalue weighted by atomic mass is 16.5. The first-order valence-electron chi connectivity index (χ1n) is 10.9. The van der Waals surface area contributed by atoms with Crippen molar-refractivity contribution in [2.75, 3.05) is 19.7 Å². The number of hydrogen-bond donors (Lipinski definition) is 0. The van der Waals surface area contributed by atoms with Crippen LogP contribution < -0.4 is 4.74 Å². The summed E-state index contributed by atoms with van der Waals surface area (Å²) in [6.07, 6.45) is 10.7. The number of rotatable bonds is 7. The topological polar surface area (TPSA) is 12.5 Å². The van der Waals surface area contributed by atoms with Crippen LogP contribution in [0.2, 0.25) is 0 Å². The van der Waals surface area contributed by atoms with E-state index in [0.29, 0.717) is 11.5 Å². The Morgan fingerprint density at radius 1 is 0.852 bits per heavy atom. The largest absolute Gasteiger partial charge is 0.494 e. The minimum Gasteiger partial charge on any atom is -0.494 e. The molecule has 1 unspecified atom stereocenters. The molecule has 2 heteroatoms. The van der Waals surface area contributed by atoms with Crippen LogP contribution in [0.1, 0.15) is 56.9 Å². The Morgan fingerprint density at radius 3 is 2.30 bits per heavy atom. The lowest BCUT2D eigenvalue weighted by molar-refractivity contribution is 0.0740. The van der Waals surface area contributed by atoms with Gasteiger partial charge < -0.3 is 4.74 Å². The van der Waals surface area contributed by atoms with Crippen LogP contribution in [0.3, 0.4) is 0 Å². The summed E-state index contributed by atoms with van der Waals surface area (Å²) in [4.78, 5) is 2.80. The van der Waals surface area contributed by atoms with Crippen LogP contribution in [0.15, 0.2) is 60.7 Å². The van der Waals surface area contributed by atoms with Gasteiger partial charge in [0.25, 0.3) is 0 Å². The van der Waals surface area contributed by atoms with E-state index in [1.807, 2.05) is 30.3 Å². The molecule has 27 heavy (non-hydrogen) atoms. The maximum absolute atomic E-state index is 5.94. The summed E-state index contributed by atoms with van der Waals surface area (Å²) in [5.41, 5.74) is 1.96. The van der Waals surface area contributed by atoms with E-state index >= 15 is 0 Å². The molecule has 4 rings (SSSR count). The number of ether oxygens (including phenoxy) is 1. The molecule has 2 aromatic rings. The SMILES string of the molecule is c1ccc(OCCCN2CCCCC2C2(c3ccccc3)CCCC2)cc1. The second kappa shape index (κ2) is 8.93. The lowest BCUT2D eigenvalue weighted by Gasteiger charge is -2.47. The Bertz CT molecular complexity index is 678. The molecule has 1 heterocycles. The van der Waals surface area contributed by atoms with Crippen molar-refractivity contribution in [3.8, 4) is 5.75 Å². The molecule has 0 aromatic heterocycles. The van der Waals surface area contributed by atoms with Crippen molar-refractivity contribution >= 4 is 0 Å². The van der Waals surface area contributed by atoms with Gasteiger partial charge in [-0.1, -0.05) is 67.8 Å². The molecule has 0 N–H and O–H groups in total. The van der Waals surface area contributed by atoms with Crippen molar-refractivity contribution in [1.29, 1.82) is 0 Å². The molecular formula is C25H33NO. The monoisotopic (exact) mass is 363 g/mol. The maximum atomic E-state index is 5.94. The van der Waals surface area contributed by atoms with E-state index in [-0.39, 0.29) is 0 Å². The lowest BCUT2D eigenvalue weighted by Crippen LogP contribution is -2.52. The summed E-state index contributed by atoms with van der Waals surface area (Å²) in [7, 11) is 0. The molecule has 2 aromatic carbocycles. The van der Waals surface area contributed by atoms with E-state index in [9.17, 15) is 0 Å². The first-order chi connectivity index (χ1) is 13.4. The molecule has 2 aliphatic rings. The van der Waals surface area contributed by atoms with Crippen LogP contribution in [-0.2, 0) is 5.41 Å². The summed E-state index contributed by atoms with van der Waals surface area (Å²) < 4.78 is 5.94. The van der Waals surface area contributed by atoms with Crippen molar-refractivity contribution < 1.29 is 4.74 Å². The second-order valence-electron chi connectivity index (χ2n) is 8.29. The number of hydrogen-bond acceptors (Lipinski definition) is 2. The average molecular weight is 364 g/mol. The fraction of sp³-hybridized carbons (Fsp3) is 0.520.